The number of amides is 1. The van der Waals surface area contributed by atoms with Crippen LogP contribution < -0.4 is 5.32 Å². The van der Waals surface area contributed by atoms with Crippen molar-refractivity contribution in [3.8, 4) is 0 Å². The van der Waals surface area contributed by atoms with Crippen LogP contribution in [-0.2, 0) is 9.53 Å². The molecular formula is C11H16N2O2S2. The topological polar surface area (TPSA) is 51.2 Å². The lowest BCUT2D eigenvalue weighted by Gasteiger charge is -2.09. The van der Waals surface area contributed by atoms with Crippen LogP contribution in [0.5, 0.6) is 0 Å². The summed E-state index contributed by atoms with van der Waals surface area (Å²) < 4.78 is 6.39. The van der Waals surface area contributed by atoms with E-state index in [-0.39, 0.29) is 12.0 Å². The van der Waals surface area contributed by atoms with Crippen molar-refractivity contribution in [3.05, 3.63) is 11.1 Å². The number of aromatic nitrogens is 1. The average molecular weight is 272 g/mol. The van der Waals surface area contributed by atoms with E-state index in [1.54, 1.807) is 11.3 Å². The minimum Gasteiger partial charge on any atom is -0.376 e. The predicted octanol–water partition coefficient (Wildman–Crippen LogP) is 1.84. The summed E-state index contributed by atoms with van der Waals surface area (Å²) in [5.74, 6) is 0.484. The molecule has 4 nitrogen and oxygen atoms in total. The van der Waals surface area contributed by atoms with Crippen LogP contribution in [0.4, 0.5) is 0 Å². The molecule has 17 heavy (non-hydrogen) atoms. The molecule has 0 unspecified atom stereocenters. The van der Waals surface area contributed by atoms with E-state index in [9.17, 15) is 4.79 Å². The second-order valence-electron chi connectivity index (χ2n) is 3.98. The van der Waals surface area contributed by atoms with Crippen molar-refractivity contribution in [2.45, 2.75) is 30.2 Å². The zero-order valence-electron chi connectivity index (χ0n) is 9.77. The molecule has 1 aliphatic rings. The first kappa shape index (κ1) is 12.9. The minimum absolute atomic E-state index is 0.0540. The molecule has 0 aromatic carbocycles. The summed E-state index contributed by atoms with van der Waals surface area (Å²) in [6.45, 7) is 3.42. The lowest BCUT2D eigenvalue weighted by Crippen LogP contribution is -2.32. The second kappa shape index (κ2) is 6.37. The number of aryl methyl sites for hydroxylation is 1. The quantitative estimate of drug-likeness (QED) is 0.831. The maximum atomic E-state index is 11.6. The Hall–Kier alpha value is -0.590. The van der Waals surface area contributed by atoms with Gasteiger partial charge in [0.05, 0.1) is 11.9 Å². The maximum absolute atomic E-state index is 11.6. The fourth-order valence-corrected chi connectivity index (χ4v) is 3.29. The number of thioether (sulfide) groups is 1. The third kappa shape index (κ3) is 4.29. The minimum atomic E-state index is 0.0540. The molecule has 1 aromatic rings. The molecule has 1 N–H and O–H groups in total. The number of hydrogen-bond acceptors (Lipinski definition) is 5. The Labute approximate surface area is 109 Å². The molecule has 2 rings (SSSR count). The van der Waals surface area contributed by atoms with Gasteiger partial charge in [-0.1, -0.05) is 11.8 Å². The van der Waals surface area contributed by atoms with Crippen LogP contribution in [0.25, 0.3) is 0 Å². The second-order valence-corrected chi connectivity index (χ2v) is 6.06. The van der Waals surface area contributed by atoms with Gasteiger partial charge in [-0.15, -0.1) is 11.3 Å². The Kier molecular flexibility index (Phi) is 4.82. The van der Waals surface area contributed by atoms with Gasteiger partial charge in [0.15, 0.2) is 4.34 Å². The summed E-state index contributed by atoms with van der Waals surface area (Å²) in [6.07, 6.45) is 2.37. The van der Waals surface area contributed by atoms with Crippen LogP contribution in [-0.4, -0.2) is 35.9 Å². The smallest absolute Gasteiger partial charge is 0.230 e. The normalized spacial score (nSPS) is 19.5. The first-order valence-electron chi connectivity index (χ1n) is 5.67. The number of nitrogens with zero attached hydrogens (tertiary/aromatic N) is 1. The van der Waals surface area contributed by atoms with Crippen LogP contribution >= 0.6 is 23.1 Å². The number of ether oxygens (including phenoxy) is 1. The van der Waals surface area contributed by atoms with Crippen LogP contribution in [0.1, 0.15) is 18.5 Å². The Morgan fingerprint density at radius 2 is 2.65 bits per heavy atom. The van der Waals surface area contributed by atoms with Crippen LogP contribution in [0.15, 0.2) is 9.72 Å². The highest BCUT2D eigenvalue weighted by atomic mass is 32.2. The lowest BCUT2D eigenvalue weighted by molar-refractivity contribution is -0.119. The van der Waals surface area contributed by atoms with E-state index in [4.69, 9.17) is 4.74 Å². The van der Waals surface area contributed by atoms with E-state index in [0.717, 1.165) is 29.5 Å². The van der Waals surface area contributed by atoms with E-state index < -0.39 is 0 Å². The Balaban J connectivity index is 1.63. The Morgan fingerprint density at radius 1 is 1.76 bits per heavy atom. The summed E-state index contributed by atoms with van der Waals surface area (Å²) in [6, 6.07) is 0. The molecule has 1 atom stereocenters. The summed E-state index contributed by atoms with van der Waals surface area (Å²) in [4.78, 5) is 15.9. The zero-order valence-corrected chi connectivity index (χ0v) is 11.4. The molecule has 0 radical (unpaired) electrons. The molecule has 6 heteroatoms. The van der Waals surface area contributed by atoms with Crippen molar-refractivity contribution in [1.82, 2.24) is 10.3 Å². The van der Waals surface area contributed by atoms with E-state index in [1.165, 1.54) is 11.8 Å². The third-order valence-corrected chi connectivity index (χ3v) is 4.61. The largest absolute Gasteiger partial charge is 0.376 e. The molecule has 2 heterocycles. The molecule has 94 valence electrons. The van der Waals surface area contributed by atoms with Crippen LogP contribution in [0.3, 0.4) is 0 Å². The predicted molar refractivity (Wildman–Crippen MR) is 69.6 cm³/mol. The van der Waals surface area contributed by atoms with Crippen molar-refractivity contribution >= 4 is 29.0 Å². The molecule has 0 saturated carbocycles. The fourth-order valence-electron chi connectivity index (χ4n) is 1.61. The highest BCUT2D eigenvalue weighted by molar-refractivity contribution is 8.01. The van der Waals surface area contributed by atoms with Gasteiger partial charge in [-0.25, -0.2) is 4.98 Å². The highest BCUT2D eigenvalue weighted by Crippen LogP contribution is 2.21. The van der Waals surface area contributed by atoms with Crippen LogP contribution in [0, 0.1) is 6.92 Å². The zero-order chi connectivity index (χ0) is 12.1. The first-order chi connectivity index (χ1) is 8.24. The molecule has 1 saturated heterocycles. The van der Waals surface area contributed by atoms with Gasteiger partial charge in [-0.3, -0.25) is 4.79 Å². The van der Waals surface area contributed by atoms with Crippen molar-refractivity contribution < 1.29 is 9.53 Å². The van der Waals surface area contributed by atoms with Crippen LogP contribution in [0.2, 0.25) is 0 Å². The van der Waals surface area contributed by atoms with Crippen molar-refractivity contribution in [2.24, 2.45) is 0 Å². The highest BCUT2D eigenvalue weighted by Gasteiger charge is 2.16. The SMILES string of the molecule is Cc1csc(SCC(=O)NC[C@@H]2CCCO2)n1. The van der Waals surface area contributed by atoms with Gasteiger partial charge in [0.25, 0.3) is 0 Å². The van der Waals surface area contributed by atoms with Gasteiger partial charge in [0.2, 0.25) is 5.91 Å². The summed E-state index contributed by atoms with van der Waals surface area (Å²) in [5, 5.41) is 4.89. The van der Waals surface area contributed by atoms with Gasteiger partial charge in [0, 0.05) is 24.2 Å². The molecule has 0 spiro atoms. The number of hydrogen-bond donors (Lipinski definition) is 1. The van der Waals surface area contributed by atoms with Gasteiger partial charge in [-0.05, 0) is 19.8 Å². The molecule has 0 bridgehead atoms. The van der Waals surface area contributed by atoms with Gasteiger partial charge in [0.1, 0.15) is 0 Å². The van der Waals surface area contributed by atoms with E-state index >= 15 is 0 Å². The molecule has 1 fully saturated rings. The summed E-state index contributed by atoms with van der Waals surface area (Å²) in [5.41, 5.74) is 1.01. The van der Waals surface area contributed by atoms with Crippen molar-refractivity contribution in [1.29, 1.82) is 0 Å². The number of carbonyl (C=O) groups excluding carboxylic acids is 1. The number of rotatable bonds is 5. The van der Waals surface area contributed by atoms with E-state index in [0.29, 0.717) is 12.3 Å². The number of nitrogens with one attached hydrogen (secondary N) is 1. The molecule has 1 aliphatic heterocycles. The van der Waals surface area contributed by atoms with E-state index in [2.05, 4.69) is 10.3 Å². The Bertz CT molecular complexity index is 375. The molecule has 0 aliphatic carbocycles. The standard InChI is InChI=1S/C11H16N2O2S2/c1-8-6-16-11(13-8)17-7-10(14)12-5-9-3-2-4-15-9/h6,9H,2-5,7H2,1H3,(H,12,14)/t9-/m0/s1. The summed E-state index contributed by atoms with van der Waals surface area (Å²) in [7, 11) is 0. The van der Waals surface area contributed by atoms with Gasteiger partial charge < -0.3 is 10.1 Å². The first-order valence-corrected chi connectivity index (χ1v) is 7.54. The lowest BCUT2D eigenvalue weighted by atomic mass is 10.2. The number of thiazole rings is 1. The molecule has 1 amide bonds. The monoisotopic (exact) mass is 272 g/mol. The van der Waals surface area contributed by atoms with Crippen molar-refractivity contribution in [2.75, 3.05) is 18.9 Å². The summed E-state index contributed by atoms with van der Waals surface area (Å²) >= 11 is 3.07. The van der Waals surface area contributed by atoms with Gasteiger partial charge in [-0.2, -0.15) is 0 Å². The Morgan fingerprint density at radius 3 is 3.29 bits per heavy atom. The van der Waals surface area contributed by atoms with Gasteiger partial charge >= 0.3 is 0 Å². The van der Waals surface area contributed by atoms with E-state index in [1.807, 2.05) is 12.3 Å². The maximum Gasteiger partial charge on any atom is 0.230 e. The third-order valence-electron chi connectivity index (χ3n) is 2.48. The number of carbonyl (C=O) groups is 1. The molecule has 1 aromatic heterocycles. The van der Waals surface area contributed by atoms with Crippen molar-refractivity contribution in [3.63, 3.8) is 0 Å². The average Bonchev–Trinajstić information content (AvgIpc) is 2.95. The molecular weight excluding hydrogens is 256 g/mol. The fraction of sp³-hybridized carbons (Fsp3) is 0.636.